The maximum absolute atomic E-state index is 6.35. The number of hydrogen-bond acceptors (Lipinski definition) is 3. The molecule has 2 N–H and O–H groups in total. The molecule has 0 saturated carbocycles. The van der Waals surface area contributed by atoms with Crippen LogP contribution >= 0.6 is 39.1 Å². The van der Waals surface area contributed by atoms with Crippen LogP contribution in [-0.4, -0.2) is 14.2 Å². The molecule has 1 atom stereocenters. The first-order valence-corrected chi connectivity index (χ1v) is 7.65. The third-order valence-corrected chi connectivity index (χ3v) is 4.46. The highest BCUT2D eigenvalue weighted by Crippen LogP contribution is 2.41. The van der Waals surface area contributed by atoms with E-state index in [1.165, 1.54) is 0 Å². The molecule has 21 heavy (non-hydrogen) atoms. The molecule has 0 radical (unpaired) electrons. The largest absolute Gasteiger partial charge is 0.495 e. The van der Waals surface area contributed by atoms with E-state index in [-0.39, 0.29) is 0 Å². The lowest BCUT2D eigenvalue weighted by Gasteiger charge is -2.19. The van der Waals surface area contributed by atoms with Gasteiger partial charge in [0.15, 0.2) is 0 Å². The lowest BCUT2D eigenvalue weighted by molar-refractivity contribution is 0.390. The van der Waals surface area contributed by atoms with Crippen LogP contribution in [0.4, 0.5) is 0 Å². The van der Waals surface area contributed by atoms with Gasteiger partial charge in [-0.1, -0.05) is 39.1 Å². The van der Waals surface area contributed by atoms with E-state index < -0.39 is 6.04 Å². The second-order valence-corrected chi connectivity index (χ2v) is 6.02. The summed E-state index contributed by atoms with van der Waals surface area (Å²) in [6.07, 6.45) is 0. The van der Waals surface area contributed by atoms with E-state index >= 15 is 0 Å². The number of halogens is 3. The highest BCUT2D eigenvalue weighted by Gasteiger charge is 2.21. The van der Waals surface area contributed by atoms with E-state index in [9.17, 15) is 0 Å². The summed E-state index contributed by atoms with van der Waals surface area (Å²) in [5.74, 6) is 1.03. The average molecular weight is 391 g/mol. The van der Waals surface area contributed by atoms with Gasteiger partial charge in [-0.05, 0) is 35.9 Å². The number of hydrogen-bond donors (Lipinski definition) is 1. The second kappa shape index (κ2) is 6.88. The first-order chi connectivity index (χ1) is 9.99. The van der Waals surface area contributed by atoms with Crippen LogP contribution in [0.1, 0.15) is 17.2 Å². The Kier molecular flexibility index (Phi) is 5.38. The number of rotatable bonds is 4. The smallest absolute Gasteiger partial charge is 0.146 e. The number of methoxy groups -OCH3 is 2. The van der Waals surface area contributed by atoms with Crippen LogP contribution in [0.2, 0.25) is 10.0 Å². The Labute approximate surface area is 142 Å². The minimum absolute atomic E-state index is 0.395. The zero-order chi connectivity index (χ0) is 15.6. The summed E-state index contributed by atoms with van der Waals surface area (Å²) in [5.41, 5.74) is 7.96. The molecule has 112 valence electrons. The van der Waals surface area contributed by atoms with Crippen LogP contribution < -0.4 is 15.2 Å². The zero-order valence-electron chi connectivity index (χ0n) is 11.5. The van der Waals surface area contributed by atoms with Crippen molar-refractivity contribution >= 4 is 39.1 Å². The number of nitrogens with two attached hydrogens (primary N) is 1. The van der Waals surface area contributed by atoms with Crippen molar-refractivity contribution in [2.75, 3.05) is 14.2 Å². The maximum Gasteiger partial charge on any atom is 0.146 e. The van der Waals surface area contributed by atoms with Crippen LogP contribution in [0, 0.1) is 0 Å². The van der Waals surface area contributed by atoms with Crippen molar-refractivity contribution in [1.82, 2.24) is 0 Å². The summed E-state index contributed by atoms with van der Waals surface area (Å²) in [6, 6.07) is 8.62. The molecule has 0 heterocycles. The Morgan fingerprint density at radius 1 is 1.05 bits per heavy atom. The molecule has 0 aliphatic rings. The quantitative estimate of drug-likeness (QED) is 0.813. The van der Waals surface area contributed by atoms with Crippen LogP contribution in [0.5, 0.6) is 11.5 Å². The van der Waals surface area contributed by atoms with E-state index in [4.69, 9.17) is 38.4 Å². The number of ether oxygens (including phenoxy) is 2. The van der Waals surface area contributed by atoms with Crippen LogP contribution in [0.15, 0.2) is 34.8 Å². The molecule has 0 aliphatic carbocycles. The van der Waals surface area contributed by atoms with Gasteiger partial charge in [-0.2, -0.15) is 0 Å². The first-order valence-electron chi connectivity index (χ1n) is 6.10. The molecule has 0 saturated heterocycles. The summed E-state index contributed by atoms with van der Waals surface area (Å²) < 4.78 is 11.4. The predicted octanol–water partition coefficient (Wildman–Crippen LogP) is 4.82. The molecule has 2 aromatic rings. The highest BCUT2D eigenvalue weighted by molar-refractivity contribution is 9.10. The molecule has 0 spiro atoms. The Balaban J connectivity index is 2.55. The molecule has 0 amide bonds. The van der Waals surface area contributed by atoms with Gasteiger partial charge in [-0.3, -0.25) is 0 Å². The van der Waals surface area contributed by atoms with E-state index in [1.54, 1.807) is 26.4 Å². The van der Waals surface area contributed by atoms with Crippen molar-refractivity contribution in [2.24, 2.45) is 5.73 Å². The molecule has 2 aromatic carbocycles. The fourth-order valence-electron chi connectivity index (χ4n) is 2.08. The Hall–Kier alpha value is -0.940. The van der Waals surface area contributed by atoms with Gasteiger partial charge in [0.25, 0.3) is 0 Å². The standard InChI is InChI=1S/C15H14BrCl2NO2/c1-20-12-6-4-9(15(21-2)13(12)18)14(19)10-7-8(17)3-5-11(10)16/h3-7,14H,19H2,1-2H3. The van der Waals surface area contributed by atoms with Crippen molar-refractivity contribution in [3.63, 3.8) is 0 Å². The first kappa shape index (κ1) is 16.4. The maximum atomic E-state index is 6.35. The zero-order valence-corrected chi connectivity index (χ0v) is 14.6. The number of benzene rings is 2. The molecular weight excluding hydrogens is 377 g/mol. The normalized spacial score (nSPS) is 12.1. The minimum atomic E-state index is -0.434. The van der Waals surface area contributed by atoms with Crippen molar-refractivity contribution in [3.8, 4) is 11.5 Å². The molecule has 0 aromatic heterocycles. The van der Waals surface area contributed by atoms with Crippen LogP contribution in [0.3, 0.4) is 0 Å². The van der Waals surface area contributed by atoms with E-state index in [0.29, 0.717) is 21.5 Å². The molecule has 0 aliphatic heterocycles. The van der Waals surface area contributed by atoms with Gasteiger partial charge >= 0.3 is 0 Å². The average Bonchev–Trinajstić information content (AvgIpc) is 2.48. The van der Waals surface area contributed by atoms with Crippen molar-refractivity contribution in [1.29, 1.82) is 0 Å². The highest BCUT2D eigenvalue weighted by atomic mass is 79.9. The fourth-order valence-corrected chi connectivity index (χ4v) is 3.08. The van der Waals surface area contributed by atoms with Gasteiger partial charge < -0.3 is 15.2 Å². The molecular formula is C15H14BrCl2NO2. The molecule has 6 heteroatoms. The van der Waals surface area contributed by atoms with Gasteiger partial charge in [0, 0.05) is 15.1 Å². The summed E-state index contributed by atoms with van der Waals surface area (Å²) in [6.45, 7) is 0. The van der Waals surface area contributed by atoms with Crippen LogP contribution in [-0.2, 0) is 0 Å². The topological polar surface area (TPSA) is 44.5 Å². The summed E-state index contributed by atoms with van der Waals surface area (Å²) in [4.78, 5) is 0. The lowest BCUT2D eigenvalue weighted by atomic mass is 9.98. The van der Waals surface area contributed by atoms with E-state index in [1.807, 2.05) is 18.2 Å². The third-order valence-electron chi connectivity index (χ3n) is 3.14. The van der Waals surface area contributed by atoms with Crippen LogP contribution in [0.25, 0.3) is 0 Å². The monoisotopic (exact) mass is 389 g/mol. The van der Waals surface area contributed by atoms with Gasteiger partial charge in [0.2, 0.25) is 0 Å². The molecule has 3 nitrogen and oxygen atoms in total. The van der Waals surface area contributed by atoms with E-state index in [0.717, 1.165) is 15.6 Å². The lowest BCUT2D eigenvalue weighted by Crippen LogP contribution is -2.14. The summed E-state index contributed by atoms with van der Waals surface area (Å²) in [7, 11) is 3.09. The van der Waals surface area contributed by atoms with Crippen molar-refractivity contribution in [3.05, 3.63) is 56.0 Å². The van der Waals surface area contributed by atoms with Gasteiger partial charge in [-0.15, -0.1) is 0 Å². The minimum Gasteiger partial charge on any atom is -0.495 e. The van der Waals surface area contributed by atoms with E-state index in [2.05, 4.69) is 15.9 Å². The molecule has 2 rings (SSSR count). The van der Waals surface area contributed by atoms with Gasteiger partial charge in [0.1, 0.15) is 16.5 Å². The fraction of sp³-hybridized carbons (Fsp3) is 0.200. The summed E-state index contributed by atoms with van der Waals surface area (Å²) in [5, 5.41) is 1.01. The SMILES string of the molecule is COc1ccc(C(N)c2cc(Cl)ccc2Br)c(OC)c1Cl. The van der Waals surface area contributed by atoms with Crippen molar-refractivity contribution in [2.45, 2.75) is 6.04 Å². The second-order valence-electron chi connectivity index (χ2n) is 4.35. The Morgan fingerprint density at radius 2 is 1.76 bits per heavy atom. The van der Waals surface area contributed by atoms with Gasteiger partial charge in [-0.25, -0.2) is 0 Å². The molecule has 1 unspecified atom stereocenters. The Morgan fingerprint density at radius 3 is 2.38 bits per heavy atom. The summed E-state index contributed by atoms with van der Waals surface area (Å²) >= 11 is 15.8. The Bertz CT molecular complexity index is 664. The third kappa shape index (κ3) is 3.29. The van der Waals surface area contributed by atoms with Crippen molar-refractivity contribution < 1.29 is 9.47 Å². The predicted molar refractivity (Wildman–Crippen MR) is 89.7 cm³/mol. The molecule has 0 fully saturated rings. The molecule has 0 bridgehead atoms. The van der Waals surface area contributed by atoms with Gasteiger partial charge in [0.05, 0.1) is 20.3 Å².